The number of fused-ring (bicyclic) bond motifs is 1. The summed E-state index contributed by atoms with van der Waals surface area (Å²) in [6, 6.07) is 3.54. The Hall–Kier alpha value is -2.60. The van der Waals surface area contributed by atoms with Gasteiger partial charge in [-0.3, -0.25) is 4.79 Å². The van der Waals surface area contributed by atoms with Crippen LogP contribution in [0, 0.1) is 0 Å². The number of nitrogens with one attached hydrogen (secondary N) is 1. The van der Waals surface area contributed by atoms with Crippen LogP contribution in [-0.4, -0.2) is 39.9 Å². The van der Waals surface area contributed by atoms with Crippen LogP contribution in [-0.2, 0) is 0 Å². The third kappa shape index (κ3) is 2.27. The third-order valence-electron chi connectivity index (χ3n) is 3.39. The second-order valence-electron chi connectivity index (χ2n) is 5.08. The van der Waals surface area contributed by atoms with E-state index in [1.807, 2.05) is 6.07 Å². The summed E-state index contributed by atoms with van der Waals surface area (Å²) in [6.07, 6.45) is 5.01. The molecule has 0 aliphatic rings. The van der Waals surface area contributed by atoms with E-state index in [0.29, 0.717) is 27.4 Å². The standard InChI is InChI=1S/C15H14ClN5O/c1-21(2)15(22)10-5-8(6-19-13(10)17)11-7-20-14-9(12(11)16)3-4-18-14/h3-7H,1-2H3,(H2,17,19)(H,18,20). The first-order chi connectivity index (χ1) is 10.5. The monoisotopic (exact) mass is 315 g/mol. The van der Waals surface area contributed by atoms with Gasteiger partial charge >= 0.3 is 0 Å². The molecule has 3 aromatic heterocycles. The van der Waals surface area contributed by atoms with E-state index in [2.05, 4.69) is 15.0 Å². The Bertz CT molecular complexity index is 871. The summed E-state index contributed by atoms with van der Waals surface area (Å²) in [5, 5.41) is 1.37. The average molecular weight is 316 g/mol. The van der Waals surface area contributed by atoms with Crippen LogP contribution >= 0.6 is 11.6 Å². The number of hydrogen-bond acceptors (Lipinski definition) is 4. The Kier molecular flexibility index (Phi) is 3.46. The van der Waals surface area contributed by atoms with Gasteiger partial charge in [0.15, 0.2) is 0 Å². The number of H-pyrrole nitrogens is 1. The van der Waals surface area contributed by atoms with Gasteiger partial charge in [0.25, 0.3) is 5.91 Å². The molecule has 0 unspecified atom stereocenters. The lowest BCUT2D eigenvalue weighted by atomic mass is 10.1. The van der Waals surface area contributed by atoms with Crippen molar-refractivity contribution in [1.29, 1.82) is 0 Å². The molecule has 0 atom stereocenters. The van der Waals surface area contributed by atoms with Crippen molar-refractivity contribution in [3.05, 3.63) is 41.3 Å². The van der Waals surface area contributed by atoms with Crippen molar-refractivity contribution < 1.29 is 4.79 Å². The molecule has 3 heterocycles. The number of pyridine rings is 2. The fourth-order valence-electron chi connectivity index (χ4n) is 2.21. The smallest absolute Gasteiger partial charge is 0.257 e. The molecule has 0 radical (unpaired) electrons. The van der Waals surface area contributed by atoms with Crippen molar-refractivity contribution in [3.8, 4) is 11.1 Å². The summed E-state index contributed by atoms with van der Waals surface area (Å²) in [7, 11) is 3.32. The van der Waals surface area contributed by atoms with Crippen LogP contribution in [0.25, 0.3) is 22.2 Å². The van der Waals surface area contributed by atoms with Crippen LogP contribution in [0.15, 0.2) is 30.7 Å². The third-order valence-corrected chi connectivity index (χ3v) is 3.79. The maximum absolute atomic E-state index is 12.2. The van der Waals surface area contributed by atoms with Gasteiger partial charge in [0.05, 0.1) is 10.6 Å². The highest BCUT2D eigenvalue weighted by Crippen LogP contribution is 2.33. The maximum atomic E-state index is 12.2. The Morgan fingerprint density at radius 2 is 2.09 bits per heavy atom. The number of amides is 1. The summed E-state index contributed by atoms with van der Waals surface area (Å²) in [4.78, 5) is 25.0. The van der Waals surface area contributed by atoms with Gasteiger partial charge in [-0.1, -0.05) is 11.6 Å². The molecular formula is C15H14ClN5O. The zero-order valence-electron chi connectivity index (χ0n) is 12.1. The average Bonchev–Trinajstić information content (AvgIpc) is 2.97. The second kappa shape index (κ2) is 5.31. The van der Waals surface area contributed by atoms with Gasteiger partial charge in [-0.25, -0.2) is 9.97 Å². The van der Waals surface area contributed by atoms with Crippen LogP contribution in [0.1, 0.15) is 10.4 Å². The lowest BCUT2D eigenvalue weighted by molar-refractivity contribution is 0.0828. The second-order valence-corrected chi connectivity index (χ2v) is 5.46. The Labute approximate surface area is 131 Å². The number of nitrogen functional groups attached to an aromatic ring is 1. The number of hydrogen-bond donors (Lipinski definition) is 2. The quantitative estimate of drug-likeness (QED) is 0.760. The van der Waals surface area contributed by atoms with E-state index < -0.39 is 0 Å². The molecule has 1 amide bonds. The predicted molar refractivity (Wildman–Crippen MR) is 86.8 cm³/mol. The highest BCUT2D eigenvalue weighted by atomic mass is 35.5. The first-order valence-electron chi connectivity index (χ1n) is 6.58. The molecule has 3 N–H and O–H groups in total. The van der Waals surface area contributed by atoms with E-state index in [-0.39, 0.29) is 11.7 Å². The lowest BCUT2D eigenvalue weighted by Crippen LogP contribution is -2.23. The molecule has 6 nitrogen and oxygen atoms in total. The zero-order valence-corrected chi connectivity index (χ0v) is 12.8. The van der Waals surface area contributed by atoms with Gasteiger partial charge in [0, 0.05) is 49.2 Å². The number of aromatic amines is 1. The van der Waals surface area contributed by atoms with Gasteiger partial charge in [0.1, 0.15) is 11.5 Å². The minimum Gasteiger partial charge on any atom is -0.383 e. The Morgan fingerprint density at radius 3 is 2.82 bits per heavy atom. The molecule has 0 aliphatic heterocycles. The number of nitrogens with two attached hydrogens (primary N) is 1. The summed E-state index contributed by atoms with van der Waals surface area (Å²) >= 11 is 6.44. The van der Waals surface area contributed by atoms with Gasteiger partial charge in [0.2, 0.25) is 0 Å². The van der Waals surface area contributed by atoms with Gasteiger partial charge in [-0.15, -0.1) is 0 Å². The number of halogens is 1. The number of nitrogens with zero attached hydrogens (tertiary/aromatic N) is 3. The van der Waals surface area contributed by atoms with E-state index in [1.54, 1.807) is 38.8 Å². The fraction of sp³-hybridized carbons (Fsp3) is 0.133. The summed E-state index contributed by atoms with van der Waals surface area (Å²) < 4.78 is 0. The predicted octanol–water partition coefficient (Wildman–Crippen LogP) is 2.56. The number of carbonyl (C=O) groups excluding carboxylic acids is 1. The maximum Gasteiger partial charge on any atom is 0.257 e. The largest absolute Gasteiger partial charge is 0.383 e. The minimum absolute atomic E-state index is 0.189. The van der Waals surface area contributed by atoms with Crippen LogP contribution in [0.3, 0.4) is 0 Å². The first kappa shape index (κ1) is 14.3. The van der Waals surface area contributed by atoms with Crippen molar-refractivity contribution >= 4 is 34.4 Å². The van der Waals surface area contributed by atoms with Crippen LogP contribution in [0.4, 0.5) is 5.82 Å². The SMILES string of the molecule is CN(C)C(=O)c1cc(-c2cnc3[nH]ccc3c2Cl)cnc1N. The number of carbonyl (C=O) groups is 1. The summed E-state index contributed by atoms with van der Waals surface area (Å²) in [5.74, 6) is -0.0205. The van der Waals surface area contributed by atoms with E-state index in [1.165, 1.54) is 4.90 Å². The van der Waals surface area contributed by atoms with Crippen LogP contribution in [0.5, 0.6) is 0 Å². The molecule has 0 saturated carbocycles. The number of anilines is 1. The van der Waals surface area contributed by atoms with Crippen molar-refractivity contribution in [2.75, 3.05) is 19.8 Å². The molecule has 0 aromatic carbocycles. The van der Waals surface area contributed by atoms with Crippen LogP contribution in [0.2, 0.25) is 5.02 Å². The van der Waals surface area contributed by atoms with E-state index >= 15 is 0 Å². The molecule has 0 aliphatic carbocycles. The summed E-state index contributed by atoms with van der Waals surface area (Å²) in [6.45, 7) is 0. The lowest BCUT2D eigenvalue weighted by Gasteiger charge is -2.13. The van der Waals surface area contributed by atoms with Crippen LogP contribution < -0.4 is 5.73 Å². The molecule has 3 aromatic rings. The van der Waals surface area contributed by atoms with Gasteiger partial charge < -0.3 is 15.6 Å². The van der Waals surface area contributed by atoms with Crippen molar-refractivity contribution in [2.45, 2.75) is 0 Å². The van der Waals surface area contributed by atoms with Crippen molar-refractivity contribution in [1.82, 2.24) is 19.9 Å². The highest BCUT2D eigenvalue weighted by molar-refractivity contribution is 6.38. The van der Waals surface area contributed by atoms with E-state index in [0.717, 1.165) is 5.39 Å². The van der Waals surface area contributed by atoms with Crippen molar-refractivity contribution in [3.63, 3.8) is 0 Å². The normalized spacial score (nSPS) is 10.9. The minimum atomic E-state index is -0.210. The number of rotatable bonds is 2. The Balaban J connectivity index is 2.16. The van der Waals surface area contributed by atoms with E-state index in [4.69, 9.17) is 17.3 Å². The van der Waals surface area contributed by atoms with E-state index in [9.17, 15) is 4.79 Å². The topological polar surface area (TPSA) is 87.9 Å². The van der Waals surface area contributed by atoms with Gasteiger partial charge in [-0.2, -0.15) is 0 Å². The molecule has 0 saturated heterocycles. The first-order valence-corrected chi connectivity index (χ1v) is 6.96. The molecule has 7 heteroatoms. The Morgan fingerprint density at radius 1 is 1.32 bits per heavy atom. The molecular weight excluding hydrogens is 302 g/mol. The van der Waals surface area contributed by atoms with Gasteiger partial charge in [-0.05, 0) is 12.1 Å². The zero-order chi connectivity index (χ0) is 15.9. The summed E-state index contributed by atoms with van der Waals surface area (Å²) in [5.41, 5.74) is 8.25. The molecule has 22 heavy (non-hydrogen) atoms. The highest BCUT2D eigenvalue weighted by Gasteiger charge is 2.16. The fourth-order valence-corrected chi connectivity index (χ4v) is 2.52. The molecule has 0 bridgehead atoms. The number of aromatic nitrogens is 3. The molecule has 0 spiro atoms. The molecule has 0 fully saturated rings. The van der Waals surface area contributed by atoms with Crippen molar-refractivity contribution in [2.24, 2.45) is 0 Å². The molecule has 112 valence electrons. The molecule has 3 rings (SSSR count).